The summed E-state index contributed by atoms with van der Waals surface area (Å²) in [5.74, 6) is 0.256. The third-order valence-electron chi connectivity index (χ3n) is 3.45. The van der Waals surface area contributed by atoms with Crippen LogP contribution >= 0.6 is 0 Å². The fourth-order valence-electron chi connectivity index (χ4n) is 2.80. The lowest BCUT2D eigenvalue weighted by molar-refractivity contribution is -0.151. The number of hydrogen-bond acceptors (Lipinski definition) is 4. The molecule has 0 spiro atoms. The highest BCUT2D eigenvalue weighted by atomic mass is 16.7. The minimum atomic E-state index is -0.0000463. The summed E-state index contributed by atoms with van der Waals surface area (Å²) >= 11 is 0. The van der Waals surface area contributed by atoms with Gasteiger partial charge in [-0.3, -0.25) is 9.63 Å². The van der Waals surface area contributed by atoms with Gasteiger partial charge in [0.05, 0.1) is 12.0 Å². The van der Waals surface area contributed by atoms with Gasteiger partial charge in [-0.2, -0.15) is 5.06 Å². The van der Waals surface area contributed by atoms with E-state index < -0.39 is 0 Å². The minimum Gasteiger partial charge on any atom is -0.396 e. The fourth-order valence-corrected chi connectivity index (χ4v) is 2.80. The lowest BCUT2D eigenvalue weighted by Crippen LogP contribution is -2.31. The minimum absolute atomic E-state index is 0.0000463. The van der Waals surface area contributed by atoms with E-state index in [4.69, 9.17) is 9.94 Å². The standard InChI is InChI=1S/C11H19NO3/c1-8(14)11-9-4-2-6-12(9)15-10(11)5-3-7-13/h9-11,13H,2-7H2,1H3. The predicted molar refractivity (Wildman–Crippen MR) is 55.1 cm³/mol. The maximum atomic E-state index is 11.6. The van der Waals surface area contributed by atoms with Crippen LogP contribution in [-0.4, -0.2) is 41.3 Å². The zero-order valence-corrected chi connectivity index (χ0v) is 9.19. The van der Waals surface area contributed by atoms with Gasteiger partial charge in [0.1, 0.15) is 5.78 Å². The number of carbonyl (C=O) groups is 1. The van der Waals surface area contributed by atoms with E-state index in [1.54, 1.807) is 6.92 Å². The molecule has 4 nitrogen and oxygen atoms in total. The second-order valence-corrected chi connectivity index (χ2v) is 4.50. The lowest BCUT2D eigenvalue weighted by Gasteiger charge is -2.16. The number of aliphatic hydroxyl groups is 1. The van der Waals surface area contributed by atoms with Crippen LogP contribution < -0.4 is 0 Å². The quantitative estimate of drug-likeness (QED) is 0.748. The Labute approximate surface area is 90.2 Å². The molecule has 3 unspecified atom stereocenters. The van der Waals surface area contributed by atoms with Gasteiger partial charge in [-0.15, -0.1) is 0 Å². The van der Waals surface area contributed by atoms with Crippen molar-refractivity contribution in [3.05, 3.63) is 0 Å². The molecule has 2 rings (SSSR count). The maximum absolute atomic E-state index is 11.6. The van der Waals surface area contributed by atoms with Gasteiger partial charge in [0.15, 0.2) is 0 Å². The molecule has 2 saturated heterocycles. The van der Waals surface area contributed by atoms with E-state index in [1.165, 1.54) is 0 Å². The molecule has 3 atom stereocenters. The summed E-state index contributed by atoms with van der Waals surface area (Å²) in [6.07, 6.45) is 3.70. The second kappa shape index (κ2) is 4.60. The van der Waals surface area contributed by atoms with E-state index in [2.05, 4.69) is 0 Å². The molecular weight excluding hydrogens is 194 g/mol. The fraction of sp³-hybridized carbons (Fsp3) is 0.909. The van der Waals surface area contributed by atoms with Gasteiger partial charge in [0.2, 0.25) is 0 Å². The number of rotatable bonds is 4. The first-order chi connectivity index (χ1) is 7.24. The van der Waals surface area contributed by atoms with Crippen LogP contribution in [0.1, 0.15) is 32.6 Å². The summed E-state index contributed by atoms with van der Waals surface area (Å²) in [6.45, 7) is 2.78. The van der Waals surface area contributed by atoms with Gasteiger partial charge < -0.3 is 5.11 Å². The van der Waals surface area contributed by atoms with Gasteiger partial charge in [-0.1, -0.05) is 0 Å². The lowest BCUT2D eigenvalue weighted by atomic mass is 9.88. The monoisotopic (exact) mass is 213 g/mol. The highest BCUT2D eigenvalue weighted by Gasteiger charge is 2.47. The molecule has 15 heavy (non-hydrogen) atoms. The smallest absolute Gasteiger partial charge is 0.137 e. The van der Waals surface area contributed by atoms with Crippen LogP contribution in [0.5, 0.6) is 0 Å². The van der Waals surface area contributed by atoms with Crippen LogP contribution in [0.4, 0.5) is 0 Å². The Morgan fingerprint density at radius 1 is 1.60 bits per heavy atom. The molecular formula is C11H19NO3. The molecule has 4 heteroatoms. The van der Waals surface area contributed by atoms with E-state index in [1.807, 2.05) is 5.06 Å². The van der Waals surface area contributed by atoms with E-state index >= 15 is 0 Å². The number of carbonyl (C=O) groups excluding carboxylic acids is 1. The molecule has 2 aliphatic rings. The number of hydroxylamine groups is 2. The zero-order valence-electron chi connectivity index (χ0n) is 9.19. The van der Waals surface area contributed by atoms with Crippen molar-refractivity contribution in [1.82, 2.24) is 5.06 Å². The predicted octanol–water partition coefficient (Wildman–Crippen LogP) is 0.742. The van der Waals surface area contributed by atoms with Gasteiger partial charge in [0, 0.05) is 19.2 Å². The molecule has 1 N–H and O–H groups in total. The van der Waals surface area contributed by atoms with Crippen molar-refractivity contribution in [2.45, 2.75) is 44.8 Å². The van der Waals surface area contributed by atoms with E-state index in [0.717, 1.165) is 32.2 Å². The van der Waals surface area contributed by atoms with Gasteiger partial charge in [0.25, 0.3) is 0 Å². The Morgan fingerprint density at radius 3 is 3.07 bits per heavy atom. The van der Waals surface area contributed by atoms with Crippen molar-refractivity contribution in [2.24, 2.45) is 5.92 Å². The van der Waals surface area contributed by atoms with E-state index in [9.17, 15) is 4.79 Å². The van der Waals surface area contributed by atoms with Crippen LogP contribution in [0.3, 0.4) is 0 Å². The first-order valence-electron chi connectivity index (χ1n) is 5.78. The molecule has 0 amide bonds. The number of Topliss-reactive ketones (excluding diaryl/α,β-unsaturated/α-hetero) is 1. The van der Waals surface area contributed by atoms with Crippen LogP contribution in [0, 0.1) is 5.92 Å². The average Bonchev–Trinajstić information content (AvgIpc) is 2.72. The van der Waals surface area contributed by atoms with Gasteiger partial charge in [-0.25, -0.2) is 0 Å². The molecule has 0 aromatic carbocycles. The van der Waals surface area contributed by atoms with Crippen molar-refractivity contribution in [3.63, 3.8) is 0 Å². The number of fused-ring (bicyclic) bond motifs is 1. The SMILES string of the molecule is CC(=O)C1C(CCCO)ON2CCCC12. The molecule has 0 aromatic heterocycles. The molecule has 0 radical (unpaired) electrons. The molecule has 0 bridgehead atoms. The Hall–Kier alpha value is -0.450. The average molecular weight is 213 g/mol. The van der Waals surface area contributed by atoms with Crippen LogP contribution in [-0.2, 0) is 9.63 Å². The van der Waals surface area contributed by atoms with Crippen molar-refractivity contribution < 1.29 is 14.7 Å². The Balaban J connectivity index is 2.02. The maximum Gasteiger partial charge on any atom is 0.137 e. The number of hydrogen-bond donors (Lipinski definition) is 1. The molecule has 2 aliphatic heterocycles. The number of ketones is 1. The molecule has 2 fully saturated rings. The van der Waals surface area contributed by atoms with Crippen molar-refractivity contribution in [1.29, 1.82) is 0 Å². The van der Waals surface area contributed by atoms with E-state index in [0.29, 0.717) is 6.04 Å². The van der Waals surface area contributed by atoms with E-state index in [-0.39, 0.29) is 24.4 Å². The second-order valence-electron chi connectivity index (χ2n) is 4.50. The molecule has 0 aromatic rings. The summed E-state index contributed by atoms with van der Waals surface area (Å²) in [5, 5.41) is 10.8. The summed E-state index contributed by atoms with van der Waals surface area (Å²) < 4.78 is 0. The molecule has 2 heterocycles. The van der Waals surface area contributed by atoms with Crippen LogP contribution in [0.25, 0.3) is 0 Å². The highest BCUT2D eigenvalue weighted by molar-refractivity contribution is 5.80. The Bertz CT molecular complexity index is 244. The van der Waals surface area contributed by atoms with Gasteiger partial charge >= 0.3 is 0 Å². The Kier molecular flexibility index (Phi) is 3.38. The molecule has 0 aliphatic carbocycles. The first kappa shape index (κ1) is 11.0. The van der Waals surface area contributed by atoms with Crippen molar-refractivity contribution >= 4 is 5.78 Å². The number of aliphatic hydroxyl groups excluding tert-OH is 1. The molecule has 86 valence electrons. The third-order valence-corrected chi connectivity index (χ3v) is 3.45. The summed E-state index contributed by atoms with van der Waals surface area (Å²) in [7, 11) is 0. The largest absolute Gasteiger partial charge is 0.396 e. The third kappa shape index (κ3) is 2.07. The highest BCUT2D eigenvalue weighted by Crippen LogP contribution is 2.37. The summed E-state index contributed by atoms with van der Waals surface area (Å²) in [5.41, 5.74) is 0. The zero-order chi connectivity index (χ0) is 10.8. The molecule has 0 saturated carbocycles. The first-order valence-corrected chi connectivity index (χ1v) is 5.78. The number of nitrogens with zero attached hydrogens (tertiary/aromatic N) is 1. The van der Waals surface area contributed by atoms with Crippen molar-refractivity contribution in [2.75, 3.05) is 13.2 Å². The van der Waals surface area contributed by atoms with Crippen molar-refractivity contribution in [3.8, 4) is 0 Å². The Morgan fingerprint density at radius 2 is 2.40 bits per heavy atom. The topological polar surface area (TPSA) is 49.8 Å². The van der Waals surface area contributed by atoms with Crippen LogP contribution in [0.15, 0.2) is 0 Å². The summed E-state index contributed by atoms with van der Waals surface area (Å²) in [6, 6.07) is 0.297. The summed E-state index contributed by atoms with van der Waals surface area (Å²) in [4.78, 5) is 17.4. The van der Waals surface area contributed by atoms with Crippen LogP contribution in [0.2, 0.25) is 0 Å². The normalized spacial score (nSPS) is 35.7. The van der Waals surface area contributed by atoms with Gasteiger partial charge in [-0.05, 0) is 32.6 Å².